The number of hydrogen-bond donors (Lipinski definition) is 0. The van der Waals surface area contributed by atoms with E-state index in [1.54, 1.807) is 18.3 Å². The molecule has 0 radical (unpaired) electrons. The second-order valence-corrected chi connectivity index (χ2v) is 10.3. The van der Waals surface area contributed by atoms with Gasteiger partial charge in [-0.05, 0) is 61.9 Å². The molecule has 1 fully saturated rings. The molecule has 1 aliphatic heterocycles. The molecule has 0 amide bonds. The minimum Gasteiger partial charge on any atom is -0.497 e. The maximum absolute atomic E-state index is 12.2. The Balaban J connectivity index is 1.68. The molecule has 2 aromatic carbocycles. The highest BCUT2D eigenvalue weighted by Crippen LogP contribution is 2.38. The molecule has 2 heterocycles. The van der Waals surface area contributed by atoms with Gasteiger partial charge < -0.3 is 9.30 Å². The Morgan fingerprint density at radius 3 is 2.50 bits per heavy atom. The van der Waals surface area contributed by atoms with Gasteiger partial charge in [0.05, 0.1) is 12.9 Å². The first-order chi connectivity index (χ1) is 14.4. The van der Waals surface area contributed by atoms with Crippen molar-refractivity contribution in [1.82, 2.24) is 8.87 Å². The lowest BCUT2D eigenvalue weighted by atomic mass is 9.88. The molecular formula is C24H30N2O3S. The third-order valence-electron chi connectivity index (χ3n) is 6.37. The number of nitrogens with zero attached hydrogens (tertiary/aromatic N) is 2. The van der Waals surface area contributed by atoms with E-state index in [-0.39, 0.29) is 5.75 Å². The van der Waals surface area contributed by atoms with E-state index in [2.05, 4.69) is 47.9 Å². The second-order valence-electron chi connectivity index (χ2n) is 8.03. The molecule has 0 bridgehead atoms. The monoisotopic (exact) mass is 426 g/mol. The zero-order chi connectivity index (χ0) is 21.3. The molecule has 0 saturated carbocycles. The number of para-hydroxylation sites is 1. The quantitative estimate of drug-likeness (QED) is 0.582. The predicted molar refractivity (Wildman–Crippen MR) is 122 cm³/mol. The van der Waals surface area contributed by atoms with Gasteiger partial charge in [0.1, 0.15) is 5.75 Å². The van der Waals surface area contributed by atoms with Crippen molar-refractivity contribution in [1.29, 1.82) is 0 Å². The molecule has 4 rings (SSSR count). The van der Waals surface area contributed by atoms with Gasteiger partial charge in [-0.15, -0.1) is 0 Å². The summed E-state index contributed by atoms with van der Waals surface area (Å²) in [5, 5.41) is 1.29. The van der Waals surface area contributed by atoms with Crippen molar-refractivity contribution in [3.05, 3.63) is 65.4 Å². The number of sulfonamides is 1. The summed E-state index contributed by atoms with van der Waals surface area (Å²) in [4.78, 5) is 0. The normalized spacial score (nSPS) is 16.2. The largest absolute Gasteiger partial charge is 0.497 e. The smallest absolute Gasteiger partial charge is 0.213 e. The lowest BCUT2D eigenvalue weighted by molar-refractivity contribution is 0.320. The van der Waals surface area contributed by atoms with Gasteiger partial charge in [-0.25, -0.2) is 12.7 Å². The molecule has 0 N–H and O–H groups in total. The van der Waals surface area contributed by atoms with Gasteiger partial charge in [-0.3, -0.25) is 0 Å². The SMILES string of the molecule is CCS(=O)(=O)N1CCC(c2c(C)n(Cc3cccc(OC)c3)c3ccccc23)CC1. The Morgan fingerprint density at radius 1 is 1.07 bits per heavy atom. The van der Waals surface area contributed by atoms with Crippen LogP contribution in [0, 0.1) is 6.92 Å². The summed E-state index contributed by atoms with van der Waals surface area (Å²) in [6, 6.07) is 16.8. The van der Waals surface area contributed by atoms with Gasteiger partial charge in [-0.2, -0.15) is 0 Å². The highest BCUT2D eigenvalue weighted by atomic mass is 32.2. The van der Waals surface area contributed by atoms with Crippen LogP contribution >= 0.6 is 0 Å². The number of methoxy groups -OCH3 is 1. The number of aromatic nitrogens is 1. The molecule has 0 unspecified atom stereocenters. The fourth-order valence-corrected chi connectivity index (χ4v) is 5.87. The first kappa shape index (κ1) is 20.9. The van der Waals surface area contributed by atoms with Gasteiger partial charge in [-0.1, -0.05) is 30.3 Å². The number of rotatable bonds is 6. The van der Waals surface area contributed by atoms with Crippen molar-refractivity contribution in [2.75, 3.05) is 26.0 Å². The van der Waals surface area contributed by atoms with Crippen LogP contribution in [0.25, 0.3) is 10.9 Å². The minimum atomic E-state index is -3.11. The van der Waals surface area contributed by atoms with E-state index in [0.29, 0.717) is 19.0 Å². The van der Waals surface area contributed by atoms with Crippen LogP contribution in [0.2, 0.25) is 0 Å². The summed E-state index contributed by atoms with van der Waals surface area (Å²) < 4.78 is 33.9. The highest BCUT2D eigenvalue weighted by Gasteiger charge is 2.30. The molecule has 160 valence electrons. The predicted octanol–water partition coefficient (Wildman–Crippen LogP) is 4.54. The van der Waals surface area contributed by atoms with E-state index >= 15 is 0 Å². The molecule has 0 atom stereocenters. The Bertz CT molecular complexity index is 1140. The van der Waals surface area contributed by atoms with Gasteiger partial charge in [0.2, 0.25) is 10.0 Å². The Kier molecular flexibility index (Phi) is 5.89. The molecule has 1 aromatic heterocycles. The standard InChI is InChI=1S/C24H30N2O3S/c1-4-30(27,28)25-14-12-20(13-15-25)24-18(2)26(23-11-6-5-10-22(23)24)17-19-8-7-9-21(16-19)29-3/h5-11,16,20H,4,12-15,17H2,1-3H3. The Hall–Kier alpha value is -2.31. The zero-order valence-electron chi connectivity index (χ0n) is 18.0. The fraction of sp³-hybridized carbons (Fsp3) is 0.417. The van der Waals surface area contributed by atoms with Crippen LogP contribution in [0.4, 0.5) is 0 Å². The van der Waals surface area contributed by atoms with Crippen LogP contribution in [0.1, 0.15) is 42.5 Å². The summed E-state index contributed by atoms with van der Waals surface area (Å²) in [6.07, 6.45) is 1.74. The van der Waals surface area contributed by atoms with Gasteiger partial charge in [0.15, 0.2) is 0 Å². The third kappa shape index (κ3) is 3.86. The van der Waals surface area contributed by atoms with Gasteiger partial charge >= 0.3 is 0 Å². The van der Waals surface area contributed by atoms with Crippen molar-refractivity contribution >= 4 is 20.9 Å². The van der Waals surface area contributed by atoms with Crippen LogP contribution < -0.4 is 4.74 Å². The molecular weight excluding hydrogens is 396 g/mol. The summed E-state index contributed by atoms with van der Waals surface area (Å²) in [6.45, 7) is 5.92. The van der Waals surface area contributed by atoms with Crippen molar-refractivity contribution in [3.8, 4) is 5.75 Å². The Labute approximate surface area is 179 Å². The summed E-state index contributed by atoms with van der Waals surface area (Å²) in [5.41, 5.74) is 5.09. The van der Waals surface area contributed by atoms with E-state index in [4.69, 9.17) is 4.74 Å². The van der Waals surface area contributed by atoms with Crippen LogP contribution in [0.5, 0.6) is 5.75 Å². The maximum Gasteiger partial charge on any atom is 0.213 e. The number of fused-ring (bicyclic) bond motifs is 1. The molecule has 1 aliphatic rings. The minimum absolute atomic E-state index is 0.177. The van der Waals surface area contributed by atoms with Gasteiger partial charge in [0.25, 0.3) is 0 Å². The topological polar surface area (TPSA) is 51.5 Å². The first-order valence-electron chi connectivity index (χ1n) is 10.6. The average molecular weight is 427 g/mol. The molecule has 0 spiro atoms. The first-order valence-corrected chi connectivity index (χ1v) is 12.2. The van der Waals surface area contributed by atoms with Crippen molar-refractivity contribution in [2.24, 2.45) is 0 Å². The van der Waals surface area contributed by atoms with E-state index < -0.39 is 10.0 Å². The van der Waals surface area contributed by atoms with Crippen molar-refractivity contribution in [2.45, 2.75) is 39.2 Å². The van der Waals surface area contributed by atoms with E-state index in [1.165, 1.54) is 27.7 Å². The molecule has 3 aromatic rings. The molecule has 30 heavy (non-hydrogen) atoms. The second kappa shape index (κ2) is 8.44. The fourth-order valence-electron chi connectivity index (χ4n) is 4.74. The molecule has 5 nitrogen and oxygen atoms in total. The summed E-state index contributed by atoms with van der Waals surface area (Å²) in [7, 11) is -1.41. The number of benzene rings is 2. The van der Waals surface area contributed by atoms with Crippen molar-refractivity contribution in [3.63, 3.8) is 0 Å². The Morgan fingerprint density at radius 2 is 1.80 bits per heavy atom. The van der Waals surface area contributed by atoms with Crippen LogP contribution in [0.15, 0.2) is 48.5 Å². The van der Waals surface area contributed by atoms with Crippen molar-refractivity contribution < 1.29 is 13.2 Å². The van der Waals surface area contributed by atoms with Gasteiger partial charge in [0, 0.05) is 36.2 Å². The molecule has 6 heteroatoms. The van der Waals surface area contributed by atoms with Crippen LogP contribution in [-0.2, 0) is 16.6 Å². The van der Waals surface area contributed by atoms with E-state index in [0.717, 1.165) is 25.1 Å². The zero-order valence-corrected chi connectivity index (χ0v) is 18.8. The van der Waals surface area contributed by atoms with E-state index in [1.807, 2.05) is 12.1 Å². The summed E-state index contributed by atoms with van der Waals surface area (Å²) in [5.74, 6) is 1.42. The summed E-state index contributed by atoms with van der Waals surface area (Å²) >= 11 is 0. The molecule has 0 aliphatic carbocycles. The third-order valence-corrected chi connectivity index (χ3v) is 8.26. The lowest BCUT2D eigenvalue weighted by Gasteiger charge is -2.31. The maximum atomic E-state index is 12.2. The van der Waals surface area contributed by atoms with Crippen LogP contribution in [0.3, 0.4) is 0 Å². The average Bonchev–Trinajstić information content (AvgIpc) is 3.05. The number of hydrogen-bond acceptors (Lipinski definition) is 3. The molecule has 1 saturated heterocycles. The lowest BCUT2D eigenvalue weighted by Crippen LogP contribution is -2.38. The highest BCUT2D eigenvalue weighted by molar-refractivity contribution is 7.89. The number of ether oxygens (including phenoxy) is 1. The number of piperidine rings is 1. The van der Waals surface area contributed by atoms with E-state index in [9.17, 15) is 8.42 Å². The van der Waals surface area contributed by atoms with Crippen LogP contribution in [-0.4, -0.2) is 43.2 Å².